The zero-order chi connectivity index (χ0) is 19.7. The average Bonchev–Trinajstić information content (AvgIpc) is 2.88. The van der Waals surface area contributed by atoms with Gasteiger partial charge in [-0.1, -0.05) is 18.2 Å². The number of para-hydroxylation sites is 1. The summed E-state index contributed by atoms with van der Waals surface area (Å²) in [6.07, 6.45) is 0.710. The molecule has 3 aromatic rings. The van der Waals surface area contributed by atoms with Crippen LogP contribution < -0.4 is 19.7 Å². The number of sulfonamides is 1. The van der Waals surface area contributed by atoms with Crippen molar-refractivity contribution in [2.24, 2.45) is 0 Å². The van der Waals surface area contributed by atoms with Crippen molar-refractivity contribution in [3.8, 4) is 11.5 Å². The summed E-state index contributed by atoms with van der Waals surface area (Å²) in [5.41, 5.74) is 3.37. The van der Waals surface area contributed by atoms with E-state index in [1.807, 2.05) is 12.1 Å². The second-order valence-electron chi connectivity index (χ2n) is 6.27. The first kappa shape index (κ1) is 18.3. The topological polar surface area (TPSA) is 107 Å². The summed E-state index contributed by atoms with van der Waals surface area (Å²) in [4.78, 5) is 14.4. The van der Waals surface area contributed by atoms with Crippen molar-refractivity contribution in [3.63, 3.8) is 0 Å². The first-order valence-corrected chi connectivity index (χ1v) is 10.1. The summed E-state index contributed by atoms with van der Waals surface area (Å²) in [6, 6.07) is 11.5. The Hall–Kier alpha value is -3.04. The molecule has 9 heteroatoms. The van der Waals surface area contributed by atoms with Crippen LogP contribution in [0.15, 0.2) is 51.8 Å². The van der Waals surface area contributed by atoms with Gasteiger partial charge < -0.3 is 13.9 Å². The largest absolute Gasteiger partial charge is 0.490 e. The quantitative estimate of drug-likeness (QED) is 0.650. The molecule has 2 heterocycles. The van der Waals surface area contributed by atoms with Gasteiger partial charge in [-0.2, -0.15) is 0 Å². The maximum absolute atomic E-state index is 12.5. The molecule has 0 fully saturated rings. The van der Waals surface area contributed by atoms with Crippen LogP contribution in [0.2, 0.25) is 0 Å². The number of amides is 1. The molecule has 2 N–H and O–H groups in total. The van der Waals surface area contributed by atoms with Gasteiger partial charge in [0, 0.05) is 23.4 Å². The molecule has 1 aliphatic rings. The third-order valence-corrected chi connectivity index (χ3v) is 5.62. The fourth-order valence-electron chi connectivity index (χ4n) is 2.93. The predicted octanol–water partition coefficient (Wildman–Crippen LogP) is 2.53. The minimum absolute atomic E-state index is 0.0440. The summed E-state index contributed by atoms with van der Waals surface area (Å²) >= 11 is 0. The summed E-state index contributed by atoms with van der Waals surface area (Å²) < 4.78 is 41.6. The lowest BCUT2D eigenvalue weighted by Gasteiger charge is -2.11. The van der Waals surface area contributed by atoms with E-state index in [1.54, 1.807) is 19.1 Å². The number of benzene rings is 2. The van der Waals surface area contributed by atoms with Crippen LogP contribution in [-0.4, -0.2) is 27.5 Å². The monoisotopic (exact) mass is 402 g/mol. The second kappa shape index (κ2) is 7.17. The molecule has 0 bridgehead atoms. The molecular formula is C19H18N2O6S. The number of fused-ring (bicyclic) bond motifs is 2. The molecule has 1 amide bonds. The van der Waals surface area contributed by atoms with Crippen molar-refractivity contribution in [2.45, 2.75) is 18.2 Å². The Balaban J connectivity index is 1.52. The van der Waals surface area contributed by atoms with Gasteiger partial charge in [0.05, 0.1) is 18.1 Å². The first-order chi connectivity index (χ1) is 13.5. The predicted molar refractivity (Wildman–Crippen MR) is 101 cm³/mol. The maximum atomic E-state index is 12.5. The van der Waals surface area contributed by atoms with E-state index in [4.69, 9.17) is 13.9 Å². The molecule has 0 atom stereocenters. The van der Waals surface area contributed by atoms with Crippen molar-refractivity contribution in [3.05, 3.63) is 53.8 Å². The molecule has 0 radical (unpaired) electrons. The molecule has 2 aromatic carbocycles. The van der Waals surface area contributed by atoms with Crippen LogP contribution >= 0.6 is 0 Å². The Morgan fingerprint density at radius 1 is 1.04 bits per heavy atom. The number of carbonyl (C=O) groups is 1. The van der Waals surface area contributed by atoms with Gasteiger partial charge in [0.2, 0.25) is 0 Å². The lowest BCUT2D eigenvalue weighted by atomic mass is 10.1. The van der Waals surface area contributed by atoms with Gasteiger partial charge in [0.25, 0.3) is 10.0 Å². The number of hydrogen-bond donors (Lipinski definition) is 2. The van der Waals surface area contributed by atoms with Gasteiger partial charge >= 0.3 is 5.91 Å². The number of ether oxygens (including phenoxy) is 2. The normalized spacial score (nSPS) is 13.9. The summed E-state index contributed by atoms with van der Waals surface area (Å²) in [5.74, 6) is 0.187. The van der Waals surface area contributed by atoms with Crippen molar-refractivity contribution >= 4 is 26.9 Å². The maximum Gasteiger partial charge on any atom is 0.302 e. The van der Waals surface area contributed by atoms with Gasteiger partial charge in [-0.3, -0.25) is 10.2 Å². The van der Waals surface area contributed by atoms with Crippen molar-refractivity contribution in [1.29, 1.82) is 0 Å². The van der Waals surface area contributed by atoms with Gasteiger partial charge in [0.1, 0.15) is 5.58 Å². The zero-order valence-electron chi connectivity index (χ0n) is 15.0. The van der Waals surface area contributed by atoms with Gasteiger partial charge in [-0.15, -0.1) is 4.83 Å². The minimum atomic E-state index is -4.01. The molecule has 146 valence electrons. The Labute approximate surface area is 161 Å². The Bertz CT molecular complexity index is 1150. The second-order valence-corrected chi connectivity index (χ2v) is 7.95. The van der Waals surface area contributed by atoms with Crippen LogP contribution in [0.1, 0.15) is 22.5 Å². The van der Waals surface area contributed by atoms with E-state index in [-0.39, 0.29) is 10.7 Å². The van der Waals surface area contributed by atoms with E-state index in [0.717, 1.165) is 5.39 Å². The average molecular weight is 402 g/mol. The molecule has 4 rings (SSSR count). The summed E-state index contributed by atoms with van der Waals surface area (Å²) in [5, 5.41) is 0.790. The summed E-state index contributed by atoms with van der Waals surface area (Å²) in [6.45, 7) is 2.68. The first-order valence-electron chi connectivity index (χ1n) is 8.65. The van der Waals surface area contributed by atoms with Gasteiger partial charge in [-0.05, 0) is 25.1 Å². The molecule has 0 saturated carbocycles. The number of hydrogen-bond acceptors (Lipinski definition) is 6. The highest BCUT2D eigenvalue weighted by Crippen LogP contribution is 2.31. The SMILES string of the molecule is Cc1c(C(=O)NNS(=O)(=O)c2ccc3c(c2)OCCCO3)oc2ccccc12. The van der Waals surface area contributed by atoms with Crippen molar-refractivity contribution < 1.29 is 27.1 Å². The summed E-state index contributed by atoms with van der Waals surface area (Å²) in [7, 11) is -4.01. The number of hydrazine groups is 1. The molecule has 0 unspecified atom stereocenters. The molecule has 1 aliphatic heterocycles. The van der Waals surface area contributed by atoms with E-state index < -0.39 is 15.9 Å². The molecule has 28 heavy (non-hydrogen) atoms. The van der Waals surface area contributed by atoms with E-state index in [9.17, 15) is 13.2 Å². The van der Waals surface area contributed by atoms with Crippen LogP contribution in [0.5, 0.6) is 11.5 Å². The van der Waals surface area contributed by atoms with Crippen LogP contribution in [0.3, 0.4) is 0 Å². The smallest absolute Gasteiger partial charge is 0.302 e. The Kier molecular flexibility index (Phi) is 4.70. The Morgan fingerprint density at radius 2 is 1.79 bits per heavy atom. The lowest BCUT2D eigenvalue weighted by Crippen LogP contribution is -2.41. The lowest BCUT2D eigenvalue weighted by molar-refractivity contribution is 0.0918. The molecular weight excluding hydrogens is 384 g/mol. The van der Waals surface area contributed by atoms with Gasteiger partial charge in [0.15, 0.2) is 17.3 Å². The van der Waals surface area contributed by atoms with E-state index in [0.29, 0.717) is 42.3 Å². The van der Waals surface area contributed by atoms with E-state index in [2.05, 4.69) is 10.3 Å². The van der Waals surface area contributed by atoms with E-state index >= 15 is 0 Å². The fraction of sp³-hybridized carbons (Fsp3) is 0.211. The standard InChI is InChI=1S/C19H18N2O6S/c1-12-14-5-2-3-6-15(14)27-18(12)19(22)20-21-28(23,24)13-7-8-16-17(11-13)26-10-4-9-25-16/h2-3,5-8,11,21H,4,9-10H2,1H3,(H,20,22). The molecule has 8 nitrogen and oxygen atoms in total. The highest BCUT2D eigenvalue weighted by atomic mass is 32.2. The number of furan rings is 1. The zero-order valence-corrected chi connectivity index (χ0v) is 15.8. The fourth-order valence-corrected chi connectivity index (χ4v) is 3.79. The highest BCUT2D eigenvalue weighted by molar-refractivity contribution is 7.89. The Morgan fingerprint density at radius 3 is 2.57 bits per heavy atom. The highest BCUT2D eigenvalue weighted by Gasteiger charge is 2.22. The van der Waals surface area contributed by atoms with Crippen LogP contribution in [0.25, 0.3) is 11.0 Å². The number of aryl methyl sites for hydroxylation is 1. The minimum Gasteiger partial charge on any atom is -0.490 e. The molecule has 0 saturated heterocycles. The van der Waals surface area contributed by atoms with Crippen LogP contribution in [-0.2, 0) is 10.0 Å². The number of rotatable bonds is 4. The molecule has 0 aliphatic carbocycles. The van der Waals surface area contributed by atoms with Gasteiger partial charge in [-0.25, -0.2) is 8.42 Å². The molecule has 1 aromatic heterocycles. The van der Waals surface area contributed by atoms with Crippen LogP contribution in [0, 0.1) is 6.92 Å². The third-order valence-electron chi connectivity index (χ3n) is 4.38. The number of carbonyl (C=O) groups excluding carboxylic acids is 1. The van der Waals surface area contributed by atoms with Crippen LogP contribution in [0.4, 0.5) is 0 Å². The van der Waals surface area contributed by atoms with Crippen molar-refractivity contribution in [2.75, 3.05) is 13.2 Å². The molecule has 0 spiro atoms. The van der Waals surface area contributed by atoms with E-state index in [1.165, 1.54) is 18.2 Å². The number of nitrogens with one attached hydrogen (secondary N) is 2. The van der Waals surface area contributed by atoms with Crippen molar-refractivity contribution in [1.82, 2.24) is 10.3 Å². The third kappa shape index (κ3) is 3.41.